The predicted octanol–water partition coefficient (Wildman–Crippen LogP) is 3.03. The summed E-state index contributed by atoms with van der Waals surface area (Å²) in [4.78, 5) is 20.6. The van der Waals surface area contributed by atoms with E-state index in [1.807, 2.05) is 0 Å². The highest BCUT2D eigenvalue weighted by Crippen LogP contribution is 2.24. The van der Waals surface area contributed by atoms with Crippen molar-refractivity contribution in [1.82, 2.24) is 9.97 Å². The third kappa shape index (κ3) is 6.22. The summed E-state index contributed by atoms with van der Waals surface area (Å²) >= 11 is 5.88. The number of nitrogens with zero attached hydrogens (tertiary/aromatic N) is 3. The summed E-state index contributed by atoms with van der Waals surface area (Å²) in [6.07, 6.45) is 2.43. The highest BCUT2D eigenvalue weighted by molar-refractivity contribution is 7.92. The fraction of sp³-hybridized carbons (Fsp3) is 0.190. The molecule has 1 unspecified atom stereocenters. The number of anilines is 3. The van der Waals surface area contributed by atoms with Gasteiger partial charge in [0.25, 0.3) is 10.0 Å². The van der Waals surface area contributed by atoms with Crippen LogP contribution < -0.4 is 14.3 Å². The number of rotatable bonds is 8. The Hall–Kier alpha value is -3.22. The summed E-state index contributed by atoms with van der Waals surface area (Å²) < 4.78 is 53.2. The van der Waals surface area contributed by atoms with E-state index >= 15 is 0 Å². The molecule has 2 aromatic carbocycles. The molecule has 13 heteroatoms. The summed E-state index contributed by atoms with van der Waals surface area (Å²) in [5.41, 5.74) is 1.16. The van der Waals surface area contributed by atoms with Gasteiger partial charge in [-0.25, -0.2) is 31.5 Å². The molecule has 0 aliphatic heterocycles. The Balaban J connectivity index is 1.76. The minimum atomic E-state index is -3.95. The van der Waals surface area contributed by atoms with Crippen molar-refractivity contribution in [3.05, 3.63) is 71.5 Å². The monoisotopic (exact) mass is 523 g/mol. The van der Waals surface area contributed by atoms with Gasteiger partial charge in [0.1, 0.15) is 6.04 Å². The molecule has 1 atom stereocenters. The fourth-order valence-corrected chi connectivity index (χ4v) is 5.29. The van der Waals surface area contributed by atoms with E-state index in [1.165, 1.54) is 61.7 Å². The number of halogens is 1. The lowest BCUT2D eigenvalue weighted by Gasteiger charge is -2.28. The molecule has 0 aliphatic rings. The number of amides is 1. The van der Waals surface area contributed by atoms with Crippen molar-refractivity contribution in [2.45, 2.75) is 24.8 Å². The average molecular weight is 524 g/mol. The minimum Gasteiger partial charge on any atom is -0.324 e. The number of carbonyl (C=O) groups excluding carboxylic acids is 1. The van der Waals surface area contributed by atoms with Crippen molar-refractivity contribution < 1.29 is 21.6 Å². The molecule has 3 aromatic rings. The van der Waals surface area contributed by atoms with Gasteiger partial charge >= 0.3 is 0 Å². The van der Waals surface area contributed by atoms with Gasteiger partial charge in [0, 0.05) is 22.6 Å². The second-order valence-electron chi connectivity index (χ2n) is 7.35. The van der Waals surface area contributed by atoms with Crippen molar-refractivity contribution >= 4 is 54.9 Å². The molecular formula is C21H22ClN5O5S2. The van der Waals surface area contributed by atoms with Crippen molar-refractivity contribution in [3.63, 3.8) is 0 Å². The van der Waals surface area contributed by atoms with E-state index in [0.29, 0.717) is 10.7 Å². The van der Waals surface area contributed by atoms with Crippen LogP contribution in [0.1, 0.15) is 12.6 Å². The summed E-state index contributed by atoms with van der Waals surface area (Å²) in [5, 5.41) is 3.02. The molecular weight excluding hydrogens is 502 g/mol. The Bertz CT molecular complexity index is 1400. The first-order chi connectivity index (χ1) is 15.9. The maximum atomic E-state index is 12.8. The van der Waals surface area contributed by atoms with Crippen molar-refractivity contribution in [1.29, 1.82) is 0 Å². The maximum Gasteiger partial charge on any atom is 0.264 e. The van der Waals surface area contributed by atoms with Crippen molar-refractivity contribution in [2.24, 2.45) is 0 Å². The van der Waals surface area contributed by atoms with E-state index in [1.54, 1.807) is 13.0 Å². The Morgan fingerprint density at radius 3 is 2.18 bits per heavy atom. The lowest BCUT2D eigenvalue weighted by Crippen LogP contribution is -2.45. The summed E-state index contributed by atoms with van der Waals surface area (Å²) in [7, 11) is -7.75. The van der Waals surface area contributed by atoms with E-state index < -0.39 is 32.0 Å². The van der Waals surface area contributed by atoms with Crippen LogP contribution in [0.3, 0.4) is 0 Å². The van der Waals surface area contributed by atoms with Gasteiger partial charge in [0.15, 0.2) is 0 Å². The van der Waals surface area contributed by atoms with Crippen molar-refractivity contribution in [2.75, 3.05) is 20.6 Å². The number of aromatic nitrogens is 2. The quantitative estimate of drug-likeness (QED) is 0.462. The largest absolute Gasteiger partial charge is 0.324 e. The smallest absolute Gasteiger partial charge is 0.264 e. The van der Waals surface area contributed by atoms with Gasteiger partial charge in [-0.15, -0.1) is 0 Å². The lowest BCUT2D eigenvalue weighted by atomic mass is 10.2. The lowest BCUT2D eigenvalue weighted by molar-refractivity contribution is -0.116. The van der Waals surface area contributed by atoms with Crippen LogP contribution in [0.5, 0.6) is 0 Å². The number of sulfonamides is 2. The summed E-state index contributed by atoms with van der Waals surface area (Å²) in [6.45, 7) is 3.14. The molecule has 0 bridgehead atoms. The zero-order chi connectivity index (χ0) is 25.1. The van der Waals surface area contributed by atoms with Crippen LogP contribution in [0.15, 0.2) is 65.7 Å². The molecule has 0 spiro atoms. The first-order valence-corrected chi connectivity index (χ1v) is 13.6. The molecule has 0 fully saturated rings. The van der Waals surface area contributed by atoms with E-state index in [9.17, 15) is 21.6 Å². The second kappa shape index (κ2) is 9.95. The van der Waals surface area contributed by atoms with E-state index in [2.05, 4.69) is 20.0 Å². The topological polar surface area (TPSA) is 138 Å². The number of nitrogens with one attached hydrogen (secondary N) is 2. The molecule has 3 rings (SSSR count). The zero-order valence-corrected chi connectivity index (χ0v) is 20.8. The highest BCUT2D eigenvalue weighted by Gasteiger charge is 2.29. The van der Waals surface area contributed by atoms with E-state index in [0.717, 1.165) is 10.6 Å². The van der Waals surface area contributed by atoms with Crippen LogP contribution >= 0.6 is 11.6 Å². The molecule has 2 N–H and O–H groups in total. The molecule has 1 amide bonds. The minimum absolute atomic E-state index is 0.0609. The highest BCUT2D eigenvalue weighted by atomic mass is 35.5. The third-order valence-electron chi connectivity index (χ3n) is 4.62. The molecule has 0 saturated carbocycles. The molecule has 180 valence electrons. The van der Waals surface area contributed by atoms with Gasteiger partial charge in [-0.3, -0.25) is 9.10 Å². The Kier molecular flexibility index (Phi) is 7.44. The number of benzene rings is 2. The van der Waals surface area contributed by atoms with Gasteiger partial charge in [-0.05, 0) is 68.4 Å². The molecule has 34 heavy (non-hydrogen) atoms. The first-order valence-electron chi connectivity index (χ1n) is 9.85. The van der Waals surface area contributed by atoms with Gasteiger partial charge < -0.3 is 5.32 Å². The number of aryl methyl sites for hydroxylation is 1. The Labute approximate surface area is 203 Å². The van der Waals surface area contributed by atoms with Crippen LogP contribution in [0, 0.1) is 6.92 Å². The second-order valence-corrected chi connectivity index (χ2v) is 11.3. The molecule has 0 radical (unpaired) electrons. The standard InChI is InChI=1S/C21H22ClN5O5S2/c1-14-12-13-23-21(24-14)26-34(31,32)19-10-6-17(7-11-19)25-20(28)15(2)27(33(3,29)30)18-8-4-16(22)5-9-18/h4-13,15H,1-3H3,(H,25,28)(H,23,24,26). The average Bonchev–Trinajstić information content (AvgIpc) is 2.74. The number of carbonyl (C=O) groups is 1. The van der Waals surface area contributed by atoms with Crippen LogP contribution in [0.2, 0.25) is 5.02 Å². The molecule has 1 aromatic heterocycles. The van der Waals surface area contributed by atoms with Crippen LogP contribution in [-0.4, -0.2) is 45.0 Å². The molecule has 10 nitrogen and oxygen atoms in total. The van der Waals surface area contributed by atoms with E-state index in [-0.39, 0.29) is 22.2 Å². The van der Waals surface area contributed by atoms with Gasteiger partial charge in [-0.2, -0.15) is 0 Å². The number of hydrogen-bond donors (Lipinski definition) is 2. The van der Waals surface area contributed by atoms with Gasteiger partial charge in [-0.1, -0.05) is 11.6 Å². The molecule has 0 saturated heterocycles. The SMILES string of the molecule is Cc1ccnc(NS(=O)(=O)c2ccc(NC(=O)C(C)N(c3ccc(Cl)cc3)S(C)(=O)=O)cc2)n1. The number of hydrogen-bond acceptors (Lipinski definition) is 7. The Morgan fingerprint density at radius 2 is 1.62 bits per heavy atom. The van der Waals surface area contributed by atoms with Gasteiger partial charge in [0.05, 0.1) is 16.8 Å². The molecule has 0 aliphatic carbocycles. The van der Waals surface area contributed by atoms with Crippen LogP contribution in [0.25, 0.3) is 0 Å². The van der Waals surface area contributed by atoms with Crippen molar-refractivity contribution in [3.8, 4) is 0 Å². The zero-order valence-electron chi connectivity index (χ0n) is 18.4. The van der Waals surface area contributed by atoms with Crippen LogP contribution in [-0.2, 0) is 24.8 Å². The Morgan fingerprint density at radius 1 is 1.00 bits per heavy atom. The maximum absolute atomic E-state index is 12.8. The normalized spacial score (nSPS) is 12.6. The van der Waals surface area contributed by atoms with Gasteiger partial charge in [0.2, 0.25) is 21.9 Å². The predicted molar refractivity (Wildman–Crippen MR) is 131 cm³/mol. The summed E-state index contributed by atoms with van der Waals surface area (Å²) in [5.74, 6) is -0.670. The van der Waals surface area contributed by atoms with E-state index in [4.69, 9.17) is 11.6 Å². The first kappa shape index (κ1) is 25.4. The molecule has 1 heterocycles. The van der Waals surface area contributed by atoms with Crippen LogP contribution in [0.4, 0.5) is 17.3 Å². The fourth-order valence-electron chi connectivity index (χ4n) is 3.04. The summed E-state index contributed by atoms with van der Waals surface area (Å²) in [6, 6.07) is 12.0. The third-order valence-corrected chi connectivity index (χ3v) is 7.46.